The minimum Gasteiger partial charge on any atom is -0.320 e. The van der Waals surface area contributed by atoms with Gasteiger partial charge >= 0.3 is 0 Å². The molecule has 0 fully saturated rings. The van der Waals surface area contributed by atoms with Crippen molar-refractivity contribution >= 4 is 17.3 Å². The molecule has 1 aromatic carbocycles. The van der Waals surface area contributed by atoms with E-state index in [2.05, 4.69) is 0 Å². The standard InChI is InChI=1S/C12H15F2N3O3/c1-2-3-4-8(15)12(18)16-11-9(17(19)20)6-5-7(13)10(11)14/h5-6,8H,2-4,15H2,1H3,(H,16,18)/t8-/m0/s1. The Bertz CT molecular complexity index is 523. The Kier molecular flexibility index (Phi) is 5.51. The number of nitrogens with zero attached hydrogens (tertiary/aromatic N) is 1. The summed E-state index contributed by atoms with van der Waals surface area (Å²) in [7, 11) is 0. The number of amides is 1. The maximum absolute atomic E-state index is 13.6. The Balaban J connectivity index is 2.99. The Hall–Kier alpha value is -2.09. The van der Waals surface area contributed by atoms with Gasteiger partial charge in [0.25, 0.3) is 5.69 Å². The van der Waals surface area contributed by atoms with Crippen LogP contribution in [0.1, 0.15) is 26.2 Å². The molecule has 0 unspecified atom stereocenters. The third-order valence-electron chi connectivity index (χ3n) is 2.72. The van der Waals surface area contributed by atoms with Gasteiger partial charge in [0.05, 0.1) is 11.0 Å². The van der Waals surface area contributed by atoms with Crippen molar-refractivity contribution in [1.29, 1.82) is 0 Å². The molecule has 110 valence electrons. The molecule has 0 aliphatic carbocycles. The molecule has 0 aromatic heterocycles. The molecule has 8 heteroatoms. The Labute approximate surface area is 114 Å². The number of halogens is 2. The molecule has 1 aromatic rings. The largest absolute Gasteiger partial charge is 0.320 e. The maximum Gasteiger partial charge on any atom is 0.296 e. The molecule has 0 bridgehead atoms. The Morgan fingerprint density at radius 1 is 1.50 bits per heavy atom. The van der Waals surface area contributed by atoms with Crippen LogP contribution in [-0.4, -0.2) is 16.9 Å². The van der Waals surface area contributed by atoms with E-state index >= 15 is 0 Å². The number of hydrogen-bond acceptors (Lipinski definition) is 4. The van der Waals surface area contributed by atoms with Gasteiger partial charge in [-0.2, -0.15) is 0 Å². The van der Waals surface area contributed by atoms with Gasteiger partial charge in [-0.15, -0.1) is 0 Å². The van der Waals surface area contributed by atoms with E-state index in [1.807, 2.05) is 12.2 Å². The molecule has 0 heterocycles. The lowest BCUT2D eigenvalue weighted by atomic mass is 10.1. The molecular weight excluding hydrogens is 272 g/mol. The van der Waals surface area contributed by atoms with Crippen LogP contribution in [0, 0.1) is 21.7 Å². The van der Waals surface area contributed by atoms with E-state index in [9.17, 15) is 23.7 Å². The lowest BCUT2D eigenvalue weighted by Gasteiger charge is -2.12. The van der Waals surface area contributed by atoms with Crippen LogP contribution in [0.3, 0.4) is 0 Å². The lowest BCUT2D eigenvalue weighted by Crippen LogP contribution is -2.36. The summed E-state index contributed by atoms with van der Waals surface area (Å²) in [4.78, 5) is 21.5. The van der Waals surface area contributed by atoms with Gasteiger partial charge in [0.2, 0.25) is 5.91 Å². The first-order chi connectivity index (χ1) is 9.38. The molecule has 0 saturated heterocycles. The highest BCUT2D eigenvalue weighted by Gasteiger charge is 2.25. The molecular formula is C12H15F2N3O3. The van der Waals surface area contributed by atoms with Crippen LogP contribution in [-0.2, 0) is 4.79 Å². The van der Waals surface area contributed by atoms with E-state index in [1.165, 1.54) is 0 Å². The van der Waals surface area contributed by atoms with Crippen molar-refractivity contribution in [2.45, 2.75) is 32.2 Å². The number of carbonyl (C=O) groups is 1. The number of benzene rings is 1. The highest BCUT2D eigenvalue weighted by molar-refractivity contribution is 5.96. The van der Waals surface area contributed by atoms with Gasteiger partial charge in [-0.25, -0.2) is 8.78 Å². The second-order valence-electron chi connectivity index (χ2n) is 4.25. The average molecular weight is 287 g/mol. The SMILES string of the molecule is CCCC[C@H](N)C(=O)Nc1c([N+](=O)[O-])ccc(F)c1F. The number of unbranched alkanes of at least 4 members (excludes halogenated alkanes) is 1. The molecule has 0 saturated carbocycles. The van der Waals surface area contributed by atoms with Crippen LogP contribution in [0.25, 0.3) is 0 Å². The molecule has 3 N–H and O–H groups in total. The number of nitro benzene ring substituents is 1. The lowest BCUT2D eigenvalue weighted by molar-refractivity contribution is -0.384. The van der Waals surface area contributed by atoms with Crippen molar-refractivity contribution in [3.8, 4) is 0 Å². The summed E-state index contributed by atoms with van der Waals surface area (Å²) in [5.41, 5.74) is 4.05. The molecule has 1 amide bonds. The average Bonchev–Trinajstić information content (AvgIpc) is 2.40. The zero-order chi connectivity index (χ0) is 15.3. The van der Waals surface area contributed by atoms with Crippen LogP contribution in [0.5, 0.6) is 0 Å². The fraction of sp³-hybridized carbons (Fsp3) is 0.417. The first-order valence-corrected chi connectivity index (χ1v) is 6.07. The normalized spacial score (nSPS) is 12.0. The van der Waals surface area contributed by atoms with Crippen molar-refractivity contribution < 1.29 is 18.5 Å². The number of anilines is 1. The predicted octanol–water partition coefficient (Wildman–Crippen LogP) is 2.33. The highest BCUT2D eigenvalue weighted by atomic mass is 19.2. The topological polar surface area (TPSA) is 98.3 Å². The van der Waals surface area contributed by atoms with Gasteiger partial charge in [-0.3, -0.25) is 14.9 Å². The molecule has 1 rings (SSSR count). The summed E-state index contributed by atoms with van der Waals surface area (Å²) in [6.45, 7) is 1.90. The third-order valence-corrected chi connectivity index (χ3v) is 2.72. The van der Waals surface area contributed by atoms with Crippen molar-refractivity contribution in [2.75, 3.05) is 5.32 Å². The molecule has 20 heavy (non-hydrogen) atoms. The maximum atomic E-state index is 13.6. The van der Waals surface area contributed by atoms with Crippen molar-refractivity contribution in [1.82, 2.24) is 0 Å². The van der Waals surface area contributed by atoms with Crippen LogP contribution in [0.2, 0.25) is 0 Å². The van der Waals surface area contributed by atoms with Crippen LogP contribution < -0.4 is 11.1 Å². The van der Waals surface area contributed by atoms with Gasteiger partial charge in [-0.1, -0.05) is 19.8 Å². The molecule has 0 aliphatic heterocycles. The van der Waals surface area contributed by atoms with E-state index in [-0.39, 0.29) is 0 Å². The minimum atomic E-state index is -1.48. The first kappa shape index (κ1) is 16.0. The monoisotopic (exact) mass is 287 g/mol. The Morgan fingerprint density at radius 3 is 2.70 bits per heavy atom. The molecule has 0 spiro atoms. The summed E-state index contributed by atoms with van der Waals surface area (Å²) in [6.07, 6.45) is 1.85. The van der Waals surface area contributed by atoms with E-state index in [0.29, 0.717) is 18.9 Å². The van der Waals surface area contributed by atoms with Gasteiger partial charge in [0.1, 0.15) is 0 Å². The molecule has 0 radical (unpaired) electrons. The van der Waals surface area contributed by atoms with Crippen molar-refractivity contribution in [2.24, 2.45) is 5.73 Å². The summed E-state index contributed by atoms with van der Waals surface area (Å²) in [5.74, 6) is -3.55. The van der Waals surface area contributed by atoms with Crippen LogP contribution in [0.4, 0.5) is 20.2 Å². The number of nitro groups is 1. The van der Waals surface area contributed by atoms with E-state index in [1.54, 1.807) is 0 Å². The van der Waals surface area contributed by atoms with Crippen molar-refractivity contribution in [3.63, 3.8) is 0 Å². The van der Waals surface area contributed by atoms with E-state index in [0.717, 1.165) is 12.5 Å². The summed E-state index contributed by atoms with van der Waals surface area (Å²) in [6, 6.07) is 0.475. The Morgan fingerprint density at radius 2 is 2.15 bits per heavy atom. The van der Waals surface area contributed by atoms with E-state index < -0.39 is 39.9 Å². The number of hydrogen-bond donors (Lipinski definition) is 2. The van der Waals surface area contributed by atoms with Gasteiger partial charge in [0, 0.05) is 6.07 Å². The number of nitrogens with two attached hydrogens (primary N) is 1. The first-order valence-electron chi connectivity index (χ1n) is 6.07. The second kappa shape index (κ2) is 6.90. The zero-order valence-corrected chi connectivity index (χ0v) is 10.9. The summed E-state index contributed by atoms with van der Waals surface area (Å²) >= 11 is 0. The van der Waals surface area contributed by atoms with Gasteiger partial charge in [-0.05, 0) is 12.5 Å². The fourth-order valence-corrected chi connectivity index (χ4v) is 1.58. The summed E-state index contributed by atoms with van der Waals surface area (Å²) in [5, 5.41) is 12.7. The fourth-order valence-electron chi connectivity index (χ4n) is 1.58. The quantitative estimate of drug-likeness (QED) is 0.619. The van der Waals surface area contributed by atoms with Crippen molar-refractivity contribution in [3.05, 3.63) is 33.9 Å². The highest BCUT2D eigenvalue weighted by Crippen LogP contribution is 2.29. The summed E-state index contributed by atoms with van der Waals surface area (Å²) < 4.78 is 26.7. The van der Waals surface area contributed by atoms with Crippen LogP contribution >= 0.6 is 0 Å². The predicted molar refractivity (Wildman–Crippen MR) is 69.1 cm³/mol. The minimum absolute atomic E-state index is 0.354. The second-order valence-corrected chi connectivity index (χ2v) is 4.25. The number of carbonyl (C=O) groups excluding carboxylic acids is 1. The molecule has 0 aliphatic rings. The van der Waals surface area contributed by atoms with Crippen LogP contribution in [0.15, 0.2) is 12.1 Å². The van der Waals surface area contributed by atoms with Gasteiger partial charge < -0.3 is 11.1 Å². The number of rotatable bonds is 6. The zero-order valence-electron chi connectivity index (χ0n) is 10.9. The smallest absolute Gasteiger partial charge is 0.296 e. The third kappa shape index (κ3) is 3.70. The molecule has 1 atom stereocenters. The van der Waals surface area contributed by atoms with Gasteiger partial charge in [0.15, 0.2) is 17.3 Å². The molecule has 6 nitrogen and oxygen atoms in total. The number of nitrogens with one attached hydrogen (secondary N) is 1. The van der Waals surface area contributed by atoms with E-state index in [4.69, 9.17) is 5.73 Å².